The monoisotopic (exact) mass is 343 g/mol. The van der Waals surface area contributed by atoms with Gasteiger partial charge in [-0.1, -0.05) is 46.3 Å². The molecule has 106 valence electrons. The first-order chi connectivity index (χ1) is 10.2. The van der Waals surface area contributed by atoms with Crippen molar-refractivity contribution in [3.8, 4) is 0 Å². The van der Waals surface area contributed by atoms with Crippen molar-refractivity contribution < 1.29 is 4.39 Å². The Kier molecular flexibility index (Phi) is 4.04. The van der Waals surface area contributed by atoms with Gasteiger partial charge in [-0.05, 0) is 59.3 Å². The Morgan fingerprint density at radius 2 is 1.62 bits per heavy atom. The highest BCUT2D eigenvalue weighted by molar-refractivity contribution is 9.10. The summed E-state index contributed by atoms with van der Waals surface area (Å²) in [6.07, 6.45) is 0. The summed E-state index contributed by atoms with van der Waals surface area (Å²) in [6.45, 7) is 0. The Labute approximate surface area is 131 Å². The third-order valence-electron chi connectivity index (χ3n) is 3.63. The number of benzene rings is 3. The number of hydrogen-bond donors (Lipinski definition) is 1. The molecule has 0 spiro atoms. The zero-order valence-electron chi connectivity index (χ0n) is 11.6. The zero-order valence-corrected chi connectivity index (χ0v) is 13.2. The summed E-state index contributed by atoms with van der Waals surface area (Å²) < 4.78 is 14.5. The minimum absolute atomic E-state index is 0.0197. The zero-order chi connectivity index (χ0) is 14.8. The average molecular weight is 344 g/mol. The molecule has 0 heterocycles. The van der Waals surface area contributed by atoms with Gasteiger partial charge in [0.05, 0.1) is 6.04 Å². The molecule has 0 radical (unpaired) electrons. The fourth-order valence-corrected chi connectivity index (χ4v) is 3.01. The Morgan fingerprint density at radius 1 is 0.905 bits per heavy atom. The molecule has 0 fully saturated rings. The normalized spacial score (nSPS) is 12.5. The minimum atomic E-state index is -0.211. The van der Waals surface area contributed by atoms with Crippen LogP contribution in [0.1, 0.15) is 17.2 Å². The standard InChI is InChI=1S/C18H15BrFN/c1-21-18(14-3-2-4-17(20)11-14)15-6-5-13-10-16(19)8-7-12(13)9-15/h2-11,18,21H,1H3. The van der Waals surface area contributed by atoms with Gasteiger partial charge in [0, 0.05) is 4.47 Å². The van der Waals surface area contributed by atoms with Crippen molar-refractivity contribution in [3.05, 3.63) is 82.1 Å². The highest BCUT2D eigenvalue weighted by Crippen LogP contribution is 2.27. The van der Waals surface area contributed by atoms with Crippen LogP contribution in [-0.4, -0.2) is 7.05 Å². The van der Waals surface area contributed by atoms with E-state index in [1.54, 1.807) is 12.1 Å². The molecule has 1 N–H and O–H groups in total. The molecular weight excluding hydrogens is 329 g/mol. The second kappa shape index (κ2) is 5.96. The van der Waals surface area contributed by atoms with E-state index in [-0.39, 0.29) is 11.9 Å². The van der Waals surface area contributed by atoms with Gasteiger partial charge in [0.25, 0.3) is 0 Å². The molecule has 1 atom stereocenters. The van der Waals surface area contributed by atoms with Crippen molar-refractivity contribution in [1.29, 1.82) is 0 Å². The van der Waals surface area contributed by atoms with E-state index in [1.807, 2.05) is 19.2 Å². The molecular formula is C18H15BrFN. The molecule has 0 bridgehead atoms. The number of nitrogens with one attached hydrogen (secondary N) is 1. The van der Waals surface area contributed by atoms with E-state index in [9.17, 15) is 4.39 Å². The summed E-state index contributed by atoms with van der Waals surface area (Å²) in [5.41, 5.74) is 2.05. The highest BCUT2D eigenvalue weighted by Gasteiger charge is 2.13. The molecule has 0 aromatic heterocycles. The van der Waals surface area contributed by atoms with Gasteiger partial charge in [0.1, 0.15) is 5.82 Å². The summed E-state index contributed by atoms with van der Waals surface area (Å²) in [5, 5.41) is 5.62. The van der Waals surface area contributed by atoms with Crippen LogP contribution < -0.4 is 5.32 Å². The molecule has 1 unspecified atom stereocenters. The van der Waals surface area contributed by atoms with Gasteiger partial charge in [0.2, 0.25) is 0 Å². The molecule has 3 rings (SSSR count). The van der Waals surface area contributed by atoms with E-state index in [0.717, 1.165) is 15.6 Å². The van der Waals surface area contributed by atoms with Gasteiger partial charge < -0.3 is 5.32 Å². The predicted octanol–water partition coefficient (Wildman–Crippen LogP) is 5.05. The van der Waals surface area contributed by atoms with E-state index in [4.69, 9.17) is 0 Å². The lowest BCUT2D eigenvalue weighted by Gasteiger charge is -2.18. The maximum Gasteiger partial charge on any atom is 0.123 e. The first-order valence-corrected chi connectivity index (χ1v) is 7.58. The van der Waals surface area contributed by atoms with Crippen LogP contribution >= 0.6 is 15.9 Å². The molecule has 3 heteroatoms. The molecule has 0 saturated heterocycles. The third-order valence-corrected chi connectivity index (χ3v) is 4.12. The molecule has 3 aromatic rings. The Bertz CT molecular complexity index is 785. The van der Waals surface area contributed by atoms with Crippen LogP contribution in [0.2, 0.25) is 0 Å². The van der Waals surface area contributed by atoms with Crippen LogP contribution in [0.15, 0.2) is 65.1 Å². The fraction of sp³-hybridized carbons (Fsp3) is 0.111. The van der Waals surface area contributed by atoms with Crippen LogP contribution in [0.25, 0.3) is 10.8 Å². The Hall–Kier alpha value is -1.71. The molecule has 0 amide bonds. The van der Waals surface area contributed by atoms with E-state index < -0.39 is 0 Å². The Morgan fingerprint density at radius 3 is 2.38 bits per heavy atom. The van der Waals surface area contributed by atoms with Crippen LogP contribution in [-0.2, 0) is 0 Å². The van der Waals surface area contributed by atoms with Gasteiger partial charge in [-0.2, -0.15) is 0 Å². The van der Waals surface area contributed by atoms with Crippen LogP contribution in [0.4, 0.5) is 4.39 Å². The topological polar surface area (TPSA) is 12.0 Å². The maximum atomic E-state index is 13.4. The molecule has 0 aliphatic heterocycles. The lowest BCUT2D eigenvalue weighted by molar-refractivity contribution is 0.617. The summed E-state index contributed by atoms with van der Waals surface area (Å²) in [5.74, 6) is -0.211. The van der Waals surface area contributed by atoms with E-state index in [0.29, 0.717) is 0 Å². The van der Waals surface area contributed by atoms with Gasteiger partial charge in [-0.15, -0.1) is 0 Å². The highest BCUT2D eigenvalue weighted by atomic mass is 79.9. The van der Waals surface area contributed by atoms with Gasteiger partial charge in [-0.25, -0.2) is 4.39 Å². The molecule has 0 aliphatic rings. The lowest BCUT2D eigenvalue weighted by Crippen LogP contribution is -2.17. The number of rotatable bonds is 3. The van der Waals surface area contributed by atoms with E-state index >= 15 is 0 Å². The van der Waals surface area contributed by atoms with Crippen LogP contribution in [0.5, 0.6) is 0 Å². The molecule has 21 heavy (non-hydrogen) atoms. The third kappa shape index (κ3) is 2.99. The molecule has 0 saturated carbocycles. The molecule has 3 aromatic carbocycles. The van der Waals surface area contributed by atoms with Gasteiger partial charge in [0.15, 0.2) is 0 Å². The lowest BCUT2D eigenvalue weighted by atomic mass is 9.96. The summed E-state index contributed by atoms with van der Waals surface area (Å²) in [4.78, 5) is 0. The van der Waals surface area contributed by atoms with Crippen molar-refractivity contribution in [2.45, 2.75) is 6.04 Å². The minimum Gasteiger partial charge on any atom is -0.309 e. The first-order valence-electron chi connectivity index (χ1n) is 6.79. The van der Waals surface area contributed by atoms with E-state index in [2.05, 4.69) is 51.6 Å². The maximum absolute atomic E-state index is 13.4. The number of hydrogen-bond acceptors (Lipinski definition) is 1. The van der Waals surface area contributed by atoms with Crippen molar-refractivity contribution in [1.82, 2.24) is 5.32 Å². The summed E-state index contributed by atoms with van der Waals surface area (Å²) >= 11 is 3.48. The predicted molar refractivity (Wildman–Crippen MR) is 89.0 cm³/mol. The Balaban J connectivity index is 2.06. The van der Waals surface area contributed by atoms with Crippen molar-refractivity contribution in [3.63, 3.8) is 0 Å². The van der Waals surface area contributed by atoms with Crippen LogP contribution in [0.3, 0.4) is 0 Å². The molecule has 0 aliphatic carbocycles. The second-order valence-electron chi connectivity index (χ2n) is 5.03. The molecule has 1 nitrogen and oxygen atoms in total. The van der Waals surface area contributed by atoms with Crippen molar-refractivity contribution in [2.24, 2.45) is 0 Å². The second-order valence-corrected chi connectivity index (χ2v) is 5.94. The van der Waals surface area contributed by atoms with Crippen LogP contribution in [0, 0.1) is 5.82 Å². The van der Waals surface area contributed by atoms with Gasteiger partial charge >= 0.3 is 0 Å². The quantitative estimate of drug-likeness (QED) is 0.701. The number of fused-ring (bicyclic) bond motifs is 1. The number of halogens is 2. The summed E-state index contributed by atoms with van der Waals surface area (Å²) in [7, 11) is 1.89. The SMILES string of the molecule is CNC(c1cccc(F)c1)c1ccc2cc(Br)ccc2c1. The van der Waals surface area contributed by atoms with E-state index in [1.165, 1.54) is 16.8 Å². The van der Waals surface area contributed by atoms with Crippen molar-refractivity contribution in [2.75, 3.05) is 7.05 Å². The van der Waals surface area contributed by atoms with Crippen molar-refractivity contribution >= 4 is 26.7 Å². The largest absolute Gasteiger partial charge is 0.309 e. The average Bonchev–Trinajstić information content (AvgIpc) is 2.48. The summed E-state index contributed by atoms with van der Waals surface area (Å²) in [6, 6.07) is 19.2. The smallest absolute Gasteiger partial charge is 0.123 e. The van der Waals surface area contributed by atoms with Gasteiger partial charge in [-0.3, -0.25) is 0 Å². The first kappa shape index (κ1) is 14.2. The fourth-order valence-electron chi connectivity index (χ4n) is 2.63.